The van der Waals surface area contributed by atoms with Crippen molar-refractivity contribution < 1.29 is 24.2 Å². The second-order valence-corrected chi connectivity index (χ2v) is 9.42. The monoisotopic (exact) mass is 536 g/mol. The lowest BCUT2D eigenvalue weighted by Gasteiger charge is -2.17. The van der Waals surface area contributed by atoms with Crippen molar-refractivity contribution in [3.63, 3.8) is 0 Å². The summed E-state index contributed by atoms with van der Waals surface area (Å²) in [7, 11) is 0. The fraction of sp³-hybridized carbons (Fsp3) is 0.222. The van der Waals surface area contributed by atoms with Crippen LogP contribution in [-0.4, -0.2) is 35.7 Å². The van der Waals surface area contributed by atoms with Gasteiger partial charge in [-0.3, -0.25) is 14.9 Å². The number of nitrogens with one attached hydrogen (secondary N) is 2. The highest BCUT2D eigenvalue weighted by molar-refractivity contribution is 9.10. The Kier molecular flexibility index (Phi) is 7.21. The first-order chi connectivity index (χ1) is 16.7. The van der Waals surface area contributed by atoms with Crippen molar-refractivity contribution in [2.24, 2.45) is 0 Å². The SMILES string of the molecule is Cc1cc(Br)c(C(=O)NC(C)CC(=O)O)cc1NC(=O)OCC1c2ccccc2-c2ccccc21. The van der Waals surface area contributed by atoms with Crippen molar-refractivity contribution in [2.45, 2.75) is 32.2 Å². The number of carbonyl (C=O) groups is 3. The van der Waals surface area contributed by atoms with Gasteiger partial charge in [-0.1, -0.05) is 48.5 Å². The number of rotatable bonds is 7. The lowest BCUT2D eigenvalue weighted by Crippen LogP contribution is -2.34. The molecule has 1 unspecified atom stereocenters. The highest BCUT2D eigenvalue weighted by atomic mass is 79.9. The molecule has 1 aliphatic carbocycles. The van der Waals surface area contributed by atoms with Crippen molar-refractivity contribution >= 4 is 39.6 Å². The summed E-state index contributed by atoms with van der Waals surface area (Å²) < 4.78 is 6.15. The molecule has 3 aromatic rings. The van der Waals surface area contributed by atoms with Gasteiger partial charge in [-0.15, -0.1) is 0 Å². The maximum atomic E-state index is 12.7. The summed E-state index contributed by atoms with van der Waals surface area (Å²) in [5, 5.41) is 14.3. The molecule has 0 radical (unpaired) electrons. The Balaban J connectivity index is 1.46. The van der Waals surface area contributed by atoms with Gasteiger partial charge in [-0.2, -0.15) is 0 Å². The number of carbonyl (C=O) groups excluding carboxylic acids is 2. The van der Waals surface area contributed by atoms with Crippen LogP contribution in [0.25, 0.3) is 11.1 Å². The van der Waals surface area contributed by atoms with Gasteiger partial charge < -0.3 is 15.2 Å². The Morgan fingerprint density at radius 3 is 2.23 bits per heavy atom. The molecule has 0 aliphatic heterocycles. The molecule has 0 spiro atoms. The zero-order valence-corrected chi connectivity index (χ0v) is 20.9. The molecule has 3 aromatic carbocycles. The Hall–Kier alpha value is -3.65. The minimum Gasteiger partial charge on any atom is -0.481 e. The number of amides is 2. The van der Waals surface area contributed by atoms with Gasteiger partial charge in [0.2, 0.25) is 0 Å². The highest BCUT2D eigenvalue weighted by Crippen LogP contribution is 2.44. The van der Waals surface area contributed by atoms with E-state index in [1.807, 2.05) is 24.3 Å². The van der Waals surface area contributed by atoms with E-state index in [0.717, 1.165) is 27.8 Å². The van der Waals surface area contributed by atoms with E-state index >= 15 is 0 Å². The summed E-state index contributed by atoms with van der Waals surface area (Å²) in [4.78, 5) is 36.2. The van der Waals surface area contributed by atoms with Crippen LogP contribution in [0.4, 0.5) is 10.5 Å². The van der Waals surface area contributed by atoms with Crippen LogP contribution in [0.5, 0.6) is 0 Å². The molecule has 3 N–H and O–H groups in total. The van der Waals surface area contributed by atoms with Crippen molar-refractivity contribution in [1.29, 1.82) is 0 Å². The number of aryl methyl sites for hydroxylation is 1. The molecule has 8 heteroatoms. The number of carboxylic acids is 1. The normalized spacial score (nSPS) is 12.9. The number of benzene rings is 3. The highest BCUT2D eigenvalue weighted by Gasteiger charge is 2.29. The van der Waals surface area contributed by atoms with Gasteiger partial charge in [-0.25, -0.2) is 4.79 Å². The Morgan fingerprint density at radius 2 is 1.63 bits per heavy atom. The Labute approximate surface area is 211 Å². The summed E-state index contributed by atoms with van der Waals surface area (Å²) in [6.07, 6.45) is -0.817. The average molecular weight is 537 g/mol. The van der Waals surface area contributed by atoms with E-state index in [1.165, 1.54) is 0 Å². The third-order valence-corrected chi connectivity index (χ3v) is 6.65. The third kappa shape index (κ3) is 5.38. The lowest BCUT2D eigenvalue weighted by atomic mass is 9.98. The zero-order valence-electron chi connectivity index (χ0n) is 19.3. The number of aliphatic carboxylic acids is 1. The first-order valence-electron chi connectivity index (χ1n) is 11.2. The molecule has 7 nitrogen and oxygen atoms in total. The smallest absolute Gasteiger partial charge is 0.411 e. The minimum atomic E-state index is -1.00. The first-order valence-corrected chi connectivity index (χ1v) is 12.0. The van der Waals surface area contributed by atoms with Crippen molar-refractivity contribution in [3.05, 3.63) is 87.4 Å². The standard InChI is InChI=1S/C27H25BrN2O5/c1-15-11-23(28)21(26(33)29-16(2)12-25(31)32)13-24(15)30-27(34)35-14-22-19-9-5-3-7-17(19)18-8-4-6-10-20(18)22/h3-11,13,16,22H,12,14H2,1-2H3,(H,29,33)(H,30,34)(H,31,32). The van der Waals surface area contributed by atoms with Gasteiger partial charge >= 0.3 is 12.1 Å². The molecule has 0 saturated heterocycles. The molecule has 0 saturated carbocycles. The molecule has 1 aliphatic rings. The molecule has 35 heavy (non-hydrogen) atoms. The molecular formula is C27H25BrN2O5. The number of anilines is 1. The van der Waals surface area contributed by atoms with Gasteiger partial charge in [-0.05, 0) is 69.7 Å². The maximum absolute atomic E-state index is 12.7. The van der Waals surface area contributed by atoms with Crippen LogP contribution in [0.1, 0.15) is 46.3 Å². The first kappa shape index (κ1) is 24.5. The molecule has 0 fully saturated rings. The van der Waals surface area contributed by atoms with Gasteiger partial charge in [0.25, 0.3) is 5.91 Å². The van der Waals surface area contributed by atoms with E-state index in [-0.39, 0.29) is 24.5 Å². The number of hydrogen-bond acceptors (Lipinski definition) is 4. The van der Waals surface area contributed by atoms with Crippen LogP contribution in [0.2, 0.25) is 0 Å². The molecule has 0 aromatic heterocycles. The third-order valence-electron chi connectivity index (χ3n) is 6.00. The maximum Gasteiger partial charge on any atom is 0.411 e. The predicted octanol–water partition coefficient (Wildman–Crippen LogP) is 5.71. The molecule has 180 valence electrons. The van der Waals surface area contributed by atoms with Crippen LogP contribution in [0, 0.1) is 6.92 Å². The van der Waals surface area contributed by atoms with E-state index in [1.54, 1.807) is 26.0 Å². The van der Waals surface area contributed by atoms with Crippen LogP contribution in [0.3, 0.4) is 0 Å². The van der Waals surface area contributed by atoms with Crippen molar-refractivity contribution in [3.8, 4) is 11.1 Å². The molecule has 4 rings (SSSR count). The molecule has 0 bridgehead atoms. The van der Waals surface area contributed by atoms with Gasteiger partial charge in [0.05, 0.1) is 12.0 Å². The van der Waals surface area contributed by atoms with E-state index in [2.05, 4.69) is 50.8 Å². The molecule has 1 atom stereocenters. The summed E-state index contributed by atoms with van der Waals surface area (Å²) in [6, 6.07) is 18.9. The summed E-state index contributed by atoms with van der Waals surface area (Å²) in [5.74, 6) is -1.50. The summed E-state index contributed by atoms with van der Waals surface area (Å²) in [5.41, 5.74) is 5.98. The molecular weight excluding hydrogens is 512 g/mol. The number of ether oxygens (including phenoxy) is 1. The van der Waals surface area contributed by atoms with Gasteiger partial charge in [0.15, 0.2) is 0 Å². The van der Waals surface area contributed by atoms with Crippen LogP contribution >= 0.6 is 15.9 Å². The van der Waals surface area contributed by atoms with E-state index in [0.29, 0.717) is 10.2 Å². The van der Waals surface area contributed by atoms with E-state index in [9.17, 15) is 14.4 Å². The lowest BCUT2D eigenvalue weighted by molar-refractivity contribution is -0.137. The van der Waals surface area contributed by atoms with Crippen LogP contribution in [0.15, 0.2) is 65.1 Å². The average Bonchev–Trinajstić information content (AvgIpc) is 3.12. The minimum absolute atomic E-state index is 0.0590. The predicted molar refractivity (Wildman–Crippen MR) is 137 cm³/mol. The fourth-order valence-corrected chi connectivity index (χ4v) is 4.98. The van der Waals surface area contributed by atoms with Crippen LogP contribution < -0.4 is 10.6 Å². The van der Waals surface area contributed by atoms with Gasteiger partial charge in [0, 0.05) is 22.1 Å². The van der Waals surface area contributed by atoms with E-state index in [4.69, 9.17) is 9.84 Å². The van der Waals surface area contributed by atoms with E-state index < -0.39 is 24.0 Å². The van der Waals surface area contributed by atoms with Gasteiger partial charge in [0.1, 0.15) is 6.61 Å². The Morgan fingerprint density at radius 1 is 1.03 bits per heavy atom. The summed E-state index contributed by atoms with van der Waals surface area (Å²) >= 11 is 3.37. The Bertz CT molecular complexity index is 1260. The molecule has 2 amide bonds. The summed E-state index contributed by atoms with van der Waals surface area (Å²) in [6.45, 7) is 3.60. The zero-order chi connectivity index (χ0) is 25.1. The second-order valence-electron chi connectivity index (χ2n) is 8.57. The van der Waals surface area contributed by atoms with Crippen molar-refractivity contribution in [1.82, 2.24) is 5.32 Å². The number of carboxylic acid groups (broad SMARTS) is 1. The number of fused-ring (bicyclic) bond motifs is 3. The molecule has 0 heterocycles. The second kappa shape index (κ2) is 10.3. The fourth-order valence-electron chi connectivity index (χ4n) is 4.34. The topological polar surface area (TPSA) is 105 Å². The number of halogens is 1. The van der Waals surface area contributed by atoms with Crippen LogP contribution in [-0.2, 0) is 9.53 Å². The van der Waals surface area contributed by atoms with Crippen molar-refractivity contribution in [2.75, 3.05) is 11.9 Å². The largest absolute Gasteiger partial charge is 0.481 e. The number of hydrogen-bond donors (Lipinski definition) is 3. The quantitative estimate of drug-likeness (QED) is 0.358.